The van der Waals surface area contributed by atoms with E-state index in [2.05, 4.69) is 20.6 Å². The van der Waals surface area contributed by atoms with Crippen molar-refractivity contribution >= 4 is 17.5 Å². The van der Waals surface area contributed by atoms with Gasteiger partial charge in [0.1, 0.15) is 11.6 Å². The molecule has 0 amide bonds. The van der Waals surface area contributed by atoms with Gasteiger partial charge in [0.15, 0.2) is 0 Å². The van der Waals surface area contributed by atoms with Crippen LogP contribution in [0, 0.1) is 0 Å². The van der Waals surface area contributed by atoms with Crippen molar-refractivity contribution in [3.05, 3.63) is 71.9 Å². The topological polar surface area (TPSA) is 59.1 Å². The third-order valence-corrected chi connectivity index (χ3v) is 3.78. The number of nitrogens with one attached hydrogen (secondary N) is 2. The summed E-state index contributed by atoms with van der Waals surface area (Å²) in [5.41, 5.74) is 0.724. The van der Waals surface area contributed by atoms with Gasteiger partial charge in [0.25, 0.3) is 0 Å². The number of hydrogen-bond donors (Lipinski definition) is 2. The van der Waals surface area contributed by atoms with Gasteiger partial charge in [0, 0.05) is 24.0 Å². The Balaban J connectivity index is 1.67. The van der Waals surface area contributed by atoms with Crippen molar-refractivity contribution in [1.29, 1.82) is 0 Å². The summed E-state index contributed by atoms with van der Waals surface area (Å²) in [6, 6.07) is 14.0. The van der Waals surface area contributed by atoms with E-state index >= 15 is 0 Å². The quantitative estimate of drug-likeness (QED) is 0.645. The number of methoxy groups -OCH3 is 1. The van der Waals surface area contributed by atoms with Crippen LogP contribution in [0.15, 0.2) is 60.8 Å². The molecule has 1 aromatic heterocycles. The Hall–Kier alpha value is -3.29. The zero-order chi connectivity index (χ0) is 19.3. The lowest BCUT2D eigenvalue weighted by molar-refractivity contribution is -0.137. The fourth-order valence-corrected chi connectivity index (χ4v) is 2.42. The Kier molecular flexibility index (Phi) is 5.44. The molecule has 0 aliphatic heterocycles. The lowest BCUT2D eigenvalue weighted by Crippen LogP contribution is -2.06. The predicted octanol–water partition coefficient (Wildman–Crippen LogP) is 4.86. The minimum Gasteiger partial charge on any atom is -0.496 e. The van der Waals surface area contributed by atoms with Crippen LogP contribution in [-0.2, 0) is 12.7 Å². The van der Waals surface area contributed by atoms with Crippen molar-refractivity contribution in [3.63, 3.8) is 0 Å². The van der Waals surface area contributed by atoms with E-state index in [1.165, 1.54) is 12.1 Å². The summed E-state index contributed by atoms with van der Waals surface area (Å²) in [4.78, 5) is 8.40. The van der Waals surface area contributed by atoms with Crippen molar-refractivity contribution in [2.24, 2.45) is 0 Å². The average Bonchev–Trinajstić information content (AvgIpc) is 2.66. The fourth-order valence-electron chi connectivity index (χ4n) is 2.42. The highest BCUT2D eigenvalue weighted by atomic mass is 19.4. The SMILES string of the molecule is COc1ccccc1CNc1ccnc(Nc2ccc(C(F)(F)F)cc2)n1. The second kappa shape index (κ2) is 7.94. The lowest BCUT2D eigenvalue weighted by atomic mass is 10.2. The highest BCUT2D eigenvalue weighted by Gasteiger charge is 2.29. The number of aromatic nitrogens is 2. The van der Waals surface area contributed by atoms with Crippen LogP contribution in [0.1, 0.15) is 11.1 Å². The molecular weight excluding hydrogens is 357 g/mol. The van der Waals surface area contributed by atoms with Crippen molar-refractivity contribution in [2.75, 3.05) is 17.7 Å². The molecule has 0 saturated heterocycles. The number of halogens is 3. The molecule has 8 heteroatoms. The lowest BCUT2D eigenvalue weighted by Gasteiger charge is -2.11. The molecular formula is C19H17F3N4O. The molecule has 0 radical (unpaired) electrons. The first-order valence-corrected chi connectivity index (χ1v) is 8.09. The summed E-state index contributed by atoms with van der Waals surface area (Å²) in [6.45, 7) is 0.501. The van der Waals surface area contributed by atoms with Crippen LogP contribution >= 0.6 is 0 Å². The Morgan fingerprint density at radius 1 is 1.00 bits per heavy atom. The van der Waals surface area contributed by atoms with Crippen LogP contribution in [0.25, 0.3) is 0 Å². The fraction of sp³-hybridized carbons (Fsp3) is 0.158. The first-order valence-electron chi connectivity index (χ1n) is 8.09. The van der Waals surface area contributed by atoms with E-state index in [1.54, 1.807) is 19.4 Å². The summed E-state index contributed by atoms with van der Waals surface area (Å²) in [7, 11) is 1.61. The first kappa shape index (κ1) is 18.5. The van der Waals surface area contributed by atoms with E-state index in [9.17, 15) is 13.2 Å². The van der Waals surface area contributed by atoms with Gasteiger partial charge in [0.05, 0.1) is 12.7 Å². The van der Waals surface area contributed by atoms with Crippen LogP contribution in [0.5, 0.6) is 5.75 Å². The molecule has 5 nitrogen and oxygen atoms in total. The van der Waals surface area contributed by atoms with E-state index in [0.29, 0.717) is 18.1 Å². The van der Waals surface area contributed by atoms with Gasteiger partial charge in [-0.2, -0.15) is 18.2 Å². The molecule has 3 aromatic rings. The minimum absolute atomic E-state index is 0.278. The zero-order valence-electron chi connectivity index (χ0n) is 14.4. The van der Waals surface area contributed by atoms with E-state index in [1.807, 2.05) is 24.3 Å². The second-order valence-corrected chi connectivity index (χ2v) is 5.63. The largest absolute Gasteiger partial charge is 0.496 e. The molecule has 3 rings (SSSR count). The predicted molar refractivity (Wildman–Crippen MR) is 97.1 cm³/mol. The van der Waals surface area contributed by atoms with Crippen molar-refractivity contribution in [3.8, 4) is 5.75 Å². The van der Waals surface area contributed by atoms with Gasteiger partial charge in [0.2, 0.25) is 5.95 Å². The second-order valence-electron chi connectivity index (χ2n) is 5.63. The normalized spacial score (nSPS) is 11.1. The van der Waals surface area contributed by atoms with E-state index in [-0.39, 0.29) is 5.95 Å². The molecule has 140 valence electrons. The molecule has 0 fully saturated rings. The summed E-state index contributed by atoms with van der Waals surface area (Å²) >= 11 is 0. The van der Waals surface area contributed by atoms with E-state index < -0.39 is 11.7 Å². The number of ether oxygens (including phenoxy) is 1. The van der Waals surface area contributed by atoms with Gasteiger partial charge >= 0.3 is 6.18 Å². The maximum absolute atomic E-state index is 12.6. The maximum atomic E-state index is 12.6. The Morgan fingerprint density at radius 2 is 1.74 bits per heavy atom. The molecule has 0 bridgehead atoms. The number of benzene rings is 2. The minimum atomic E-state index is -4.36. The summed E-state index contributed by atoms with van der Waals surface area (Å²) in [6.07, 6.45) is -2.80. The smallest absolute Gasteiger partial charge is 0.416 e. The molecule has 2 N–H and O–H groups in total. The number of anilines is 3. The Labute approximate surface area is 154 Å². The summed E-state index contributed by atoms with van der Waals surface area (Å²) in [5.74, 6) is 1.62. The van der Waals surface area contributed by atoms with E-state index in [4.69, 9.17) is 4.74 Å². The Morgan fingerprint density at radius 3 is 2.44 bits per heavy atom. The first-order chi connectivity index (χ1) is 13.0. The van der Waals surface area contributed by atoms with Crippen molar-refractivity contribution in [1.82, 2.24) is 9.97 Å². The van der Waals surface area contributed by atoms with Crippen molar-refractivity contribution < 1.29 is 17.9 Å². The highest BCUT2D eigenvalue weighted by molar-refractivity contribution is 5.55. The summed E-state index contributed by atoms with van der Waals surface area (Å²) < 4.78 is 43.2. The highest BCUT2D eigenvalue weighted by Crippen LogP contribution is 2.30. The molecule has 27 heavy (non-hydrogen) atoms. The van der Waals surface area contributed by atoms with Crippen LogP contribution in [0.2, 0.25) is 0 Å². The van der Waals surface area contributed by atoms with Crippen molar-refractivity contribution in [2.45, 2.75) is 12.7 Å². The number of hydrogen-bond acceptors (Lipinski definition) is 5. The van der Waals surface area contributed by atoms with Crippen LogP contribution in [0.4, 0.5) is 30.6 Å². The maximum Gasteiger partial charge on any atom is 0.416 e. The summed E-state index contributed by atoms with van der Waals surface area (Å²) in [5, 5.41) is 6.06. The van der Waals surface area contributed by atoms with E-state index in [0.717, 1.165) is 23.4 Å². The number of para-hydroxylation sites is 1. The molecule has 1 heterocycles. The third kappa shape index (κ3) is 4.87. The molecule has 0 saturated carbocycles. The molecule has 0 atom stereocenters. The molecule has 0 aliphatic rings. The van der Waals surface area contributed by atoms with Crippen LogP contribution in [-0.4, -0.2) is 17.1 Å². The van der Waals surface area contributed by atoms with Crippen LogP contribution in [0.3, 0.4) is 0 Å². The number of alkyl halides is 3. The average molecular weight is 374 g/mol. The molecule has 0 unspecified atom stereocenters. The van der Waals surface area contributed by atoms with Gasteiger partial charge in [-0.3, -0.25) is 0 Å². The Bertz CT molecular complexity index is 898. The number of rotatable bonds is 6. The third-order valence-electron chi connectivity index (χ3n) is 3.78. The standard InChI is InChI=1S/C19H17F3N4O/c1-27-16-5-3-2-4-13(16)12-24-17-10-11-23-18(26-17)25-15-8-6-14(7-9-15)19(20,21)22/h2-11H,12H2,1H3,(H2,23,24,25,26). The molecule has 0 aliphatic carbocycles. The zero-order valence-corrected chi connectivity index (χ0v) is 14.4. The van der Waals surface area contributed by atoms with Gasteiger partial charge in [-0.15, -0.1) is 0 Å². The van der Waals surface area contributed by atoms with Gasteiger partial charge < -0.3 is 15.4 Å². The molecule has 0 spiro atoms. The van der Waals surface area contributed by atoms with Gasteiger partial charge in [-0.05, 0) is 36.4 Å². The van der Waals surface area contributed by atoms with Gasteiger partial charge in [-0.1, -0.05) is 18.2 Å². The van der Waals surface area contributed by atoms with Crippen LogP contribution < -0.4 is 15.4 Å². The monoisotopic (exact) mass is 374 g/mol. The van der Waals surface area contributed by atoms with Gasteiger partial charge in [-0.25, -0.2) is 4.98 Å². The molecule has 2 aromatic carbocycles. The number of nitrogens with zero attached hydrogens (tertiary/aromatic N) is 2.